The van der Waals surface area contributed by atoms with Gasteiger partial charge in [0, 0.05) is 17.1 Å². The monoisotopic (exact) mass is 370 g/mol. The van der Waals surface area contributed by atoms with Crippen LogP contribution in [0.3, 0.4) is 0 Å². The van der Waals surface area contributed by atoms with Crippen molar-refractivity contribution < 1.29 is 9.66 Å². The van der Waals surface area contributed by atoms with Gasteiger partial charge in [0.05, 0.1) is 28.8 Å². The zero-order valence-electron chi connectivity index (χ0n) is 11.1. The zero-order chi connectivity index (χ0) is 15.4. The van der Waals surface area contributed by atoms with E-state index in [1.54, 1.807) is 12.1 Å². The second-order valence-corrected chi connectivity index (χ2v) is 5.60. The second kappa shape index (κ2) is 6.78. The van der Waals surface area contributed by atoms with Crippen LogP contribution in [-0.4, -0.2) is 12.0 Å². The number of anilines is 1. The lowest BCUT2D eigenvalue weighted by Crippen LogP contribution is -2.01. The highest BCUT2D eigenvalue weighted by Gasteiger charge is 2.10. The summed E-state index contributed by atoms with van der Waals surface area (Å²) in [6.07, 6.45) is 0. The van der Waals surface area contributed by atoms with Crippen LogP contribution in [0.15, 0.2) is 40.9 Å². The van der Waals surface area contributed by atoms with Crippen molar-refractivity contribution in [2.45, 2.75) is 6.54 Å². The Labute approximate surface area is 135 Å². The molecule has 0 saturated carbocycles. The molecule has 0 amide bonds. The predicted octanol–water partition coefficient (Wildman–Crippen LogP) is 4.63. The molecule has 0 bridgehead atoms. The molecule has 0 fully saturated rings. The summed E-state index contributed by atoms with van der Waals surface area (Å²) >= 11 is 9.45. The van der Waals surface area contributed by atoms with E-state index in [-0.39, 0.29) is 5.69 Å². The SMILES string of the molecule is COc1cc(CNc2cc(Br)ccc2Cl)cc([N+](=O)[O-])c1. The number of nitrogens with zero attached hydrogens (tertiary/aromatic N) is 1. The molecule has 2 aromatic carbocycles. The van der Waals surface area contributed by atoms with E-state index in [9.17, 15) is 10.1 Å². The molecule has 5 nitrogen and oxygen atoms in total. The molecule has 0 unspecified atom stereocenters. The van der Waals surface area contributed by atoms with Crippen LogP contribution in [0.5, 0.6) is 5.75 Å². The third-order valence-electron chi connectivity index (χ3n) is 2.81. The van der Waals surface area contributed by atoms with Crippen molar-refractivity contribution in [3.8, 4) is 5.75 Å². The number of benzene rings is 2. The van der Waals surface area contributed by atoms with Crippen molar-refractivity contribution in [2.24, 2.45) is 0 Å². The minimum absolute atomic E-state index is 0.00788. The van der Waals surface area contributed by atoms with Gasteiger partial charge in [-0.1, -0.05) is 27.5 Å². The molecule has 21 heavy (non-hydrogen) atoms. The molecular weight excluding hydrogens is 360 g/mol. The maximum atomic E-state index is 10.9. The summed E-state index contributed by atoms with van der Waals surface area (Å²) in [5.74, 6) is 0.446. The van der Waals surface area contributed by atoms with Crippen LogP contribution in [0.1, 0.15) is 5.56 Å². The Morgan fingerprint density at radius 1 is 1.33 bits per heavy atom. The van der Waals surface area contributed by atoms with Gasteiger partial charge in [-0.05, 0) is 29.8 Å². The minimum Gasteiger partial charge on any atom is -0.496 e. The standard InChI is InChI=1S/C14H12BrClN2O3/c1-21-12-5-9(4-11(7-12)18(19)20)8-17-14-6-10(15)2-3-13(14)16/h2-7,17H,8H2,1H3. The van der Waals surface area contributed by atoms with Crippen molar-refractivity contribution in [3.63, 3.8) is 0 Å². The van der Waals surface area contributed by atoms with Crippen molar-refractivity contribution >= 4 is 38.9 Å². The molecule has 0 heterocycles. The maximum Gasteiger partial charge on any atom is 0.273 e. The molecule has 0 aliphatic rings. The maximum absolute atomic E-state index is 10.9. The smallest absolute Gasteiger partial charge is 0.273 e. The van der Waals surface area contributed by atoms with Crippen molar-refractivity contribution in [1.29, 1.82) is 0 Å². The van der Waals surface area contributed by atoms with Gasteiger partial charge in [0.2, 0.25) is 0 Å². The van der Waals surface area contributed by atoms with Crippen LogP contribution < -0.4 is 10.1 Å². The minimum atomic E-state index is -0.446. The van der Waals surface area contributed by atoms with E-state index in [1.165, 1.54) is 19.2 Å². The van der Waals surface area contributed by atoms with Gasteiger partial charge in [0.15, 0.2) is 0 Å². The highest BCUT2D eigenvalue weighted by molar-refractivity contribution is 9.10. The summed E-state index contributed by atoms with van der Waals surface area (Å²) in [4.78, 5) is 10.5. The molecule has 7 heteroatoms. The van der Waals surface area contributed by atoms with E-state index in [1.807, 2.05) is 12.1 Å². The third-order valence-corrected chi connectivity index (χ3v) is 3.63. The Morgan fingerprint density at radius 2 is 2.10 bits per heavy atom. The van der Waals surface area contributed by atoms with Gasteiger partial charge < -0.3 is 10.1 Å². The first-order valence-electron chi connectivity index (χ1n) is 6.01. The second-order valence-electron chi connectivity index (χ2n) is 4.27. The lowest BCUT2D eigenvalue weighted by atomic mass is 10.2. The van der Waals surface area contributed by atoms with Crippen molar-refractivity contribution in [2.75, 3.05) is 12.4 Å². The van der Waals surface area contributed by atoms with Crippen LogP contribution in [0.4, 0.5) is 11.4 Å². The topological polar surface area (TPSA) is 64.4 Å². The van der Waals surface area contributed by atoms with Gasteiger partial charge in [-0.2, -0.15) is 0 Å². The summed E-state index contributed by atoms with van der Waals surface area (Å²) in [7, 11) is 1.47. The average molecular weight is 372 g/mol. The molecule has 2 aromatic rings. The lowest BCUT2D eigenvalue weighted by molar-refractivity contribution is -0.385. The number of hydrogen-bond acceptors (Lipinski definition) is 4. The number of rotatable bonds is 5. The number of hydrogen-bond donors (Lipinski definition) is 1. The fraction of sp³-hybridized carbons (Fsp3) is 0.143. The number of methoxy groups -OCH3 is 1. The van der Waals surface area contributed by atoms with Gasteiger partial charge >= 0.3 is 0 Å². The van der Waals surface area contributed by atoms with Crippen LogP contribution in [0.25, 0.3) is 0 Å². The number of halogens is 2. The van der Waals surface area contributed by atoms with Crippen LogP contribution >= 0.6 is 27.5 Å². The Balaban J connectivity index is 2.21. The van der Waals surface area contributed by atoms with Crippen LogP contribution in [-0.2, 0) is 6.54 Å². The summed E-state index contributed by atoms with van der Waals surface area (Å²) in [6.45, 7) is 0.397. The normalized spacial score (nSPS) is 10.2. The molecule has 1 N–H and O–H groups in total. The van der Waals surface area contributed by atoms with Gasteiger partial charge in [0.1, 0.15) is 5.75 Å². The number of nitro benzene ring substituents is 1. The van der Waals surface area contributed by atoms with E-state index in [4.69, 9.17) is 16.3 Å². The van der Waals surface area contributed by atoms with E-state index in [0.717, 1.165) is 15.7 Å². The molecule has 0 aliphatic heterocycles. The van der Waals surface area contributed by atoms with Gasteiger partial charge in [-0.25, -0.2) is 0 Å². The number of nitrogens with one attached hydrogen (secondary N) is 1. The Kier molecular flexibility index (Phi) is 5.03. The van der Waals surface area contributed by atoms with Crippen LogP contribution in [0.2, 0.25) is 5.02 Å². The van der Waals surface area contributed by atoms with E-state index in [0.29, 0.717) is 17.3 Å². The van der Waals surface area contributed by atoms with Gasteiger partial charge in [0.25, 0.3) is 5.69 Å². The average Bonchev–Trinajstić information content (AvgIpc) is 2.47. The number of ether oxygens (including phenoxy) is 1. The number of nitro groups is 1. The van der Waals surface area contributed by atoms with E-state index >= 15 is 0 Å². The molecule has 0 aromatic heterocycles. The third kappa shape index (κ3) is 4.09. The van der Waals surface area contributed by atoms with E-state index < -0.39 is 4.92 Å². The molecule has 0 saturated heterocycles. The van der Waals surface area contributed by atoms with Crippen molar-refractivity contribution in [3.05, 3.63) is 61.6 Å². The Morgan fingerprint density at radius 3 is 2.76 bits per heavy atom. The first-order valence-corrected chi connectivity index (χ1v) is 7.18. The summed E-state index contributed by atoms with van der Waals surface area (Å²) < 4.78 is 5.97. The molecular formula is C14H12BrClN2O3. The largest absolute Gasteiger partial charge is 0.496 e. The first-order chi connectivity index (χ1) is 9.99. The highest BCUT2D eigenvalue weighted by atomic mass is 79.9. The Hall–Kier alpha value is -1.79. The highest BCUT2D eigenvalue weighted by Crippen LogP contribution is 2.27. The Bertz CT molecular complexity index is 679. The van der Waals surface area contributed by atoms with Gasteiger partial charge in [-0.15, -0.1) is 0 Å². The molecule has 2 rings (SSSR count). The molecule has 0 atom stereocenters. The summed E-state index contributed by atoms with van der Waals surface area (Å²) in [5.41, 5.74) is 1.47. The van der Waals surface area contributed by atoms with E-state index in [2.05, 4.69) is 21.2 Å². The summed E-state index contributed by atoms with van der Waals surface area (Å²) in [6, 6.07) is 10.1. The lowest BCUT2D eigenvalue weighted by Gasteiger charge is -2.10. The molecule has 0 radical (unpaired) electrons. The molecule has 110 valence electrons. The molecule has 0 aliphatic carbocycles. The van der Waals surface area contributed by atoms with Crippen molar-refractivity contribution in [1.82, 2.24) is 0 Å². The fourth-order valence-electron chi connectivity index (χ4n) is 1.80. The fourth-order valence-corrected chi connectivity index (χ4v) is 2.34. The van der Waals surface area contributed by atoms with Gasteiger partial charge in [-0.3, -0.25) is 10.1 Å². The number of non-ortho nitro benzene ring substituents is 1. The van der Waals surface area contributed by atoms with Crippen LogP contribution in [0, 0.1) is 10.1 Å². The quantitative estimate of drug-likeness (QED) is 0.614. The first kappa shape index (κ1) is 15.6. The predicted molar refractivity (Wildman–Crippen MR) is 86.1 cm³/mol. The zero-order valence-corrected chi connectivity index (χ0v) is 13.4. The molecule has 0 spiro atoms. The summed E-state index contributed by atoms with van der Waals surface area (Å²) in [5, 5.41) is 14.6.